The lowest BCUT2D eigenvalue weighted by Gasteiger charge is -2.27. The van der Waals surface area contributed by atoms with Crippen molar-refractivity contribution in [3.05, 3.63) is 63.2 Å². The lowest BCUT2D eigenvalue weighted by atomic mass is 10.2. The van der Waals surface area contributed by atoms with Crippen LogP contribution in [0.25, 0.3) is 0 Å². The summed E-state index contributed by atoms with van der Waals surface area (Å²) < 4.78 is 30.5. The normalized spacial score (nSPS) is 12.4. The third kappa shape index (κ3) is 5.67. The molecule has 0 aliphatic carbocycles. The fourth-order valence-electron chi connectivity index (χ4n) is 2.54. The Hall–Kier alpha value is -3.18. The molecule has 0 radical (unpaired) electrons. The van der Waals surface area contributed by atoms with Crippen LogP contribution in [-0.2, 0) is 14.8 Å². The van der Waals surface area contributed by atoms with Gasteiger partial charge in [-0.15, -0.1) is 0 Å². The maximum Gasteiger partial charge on any atom is 0.270 e. The molecule has 1 amide bonds. The van der Waals surface area contributed by atoms with Gasteiger partial charge >= 0.3 is 0 Å². The number of nitro benzene ring substituents is 1. The number of halogens is 1. The molecule has 1 atom stereocenters. The Balaban J connectivity index is 2.20. The van der Waals surface area contributed by atoms with E-state index in [9.17, 15) is 23.3 Å². The first-order valence-electron chi connectivity index (χ1n) is 8.45. The Morgan fingerprint density at radius 2 is 1.93 bits per heavy atom. The SMILES string of the molecule is COc1ccc(N([C@@H](C)C(=O)N/N=C\c2cc([N+](=O)[O-])ccc2Cl)S(C)(=O)=O)cc1. The summed E-state index contributed by atoms with van der Waals surface area (Å²) in [6.45, 7) is 1.40. The molecule has 0 unspecified atom stereocenters. The van der Waals surface area contributed by atoms with Crippen molar-refractivity contribution >= 4 is 45.1 Å². The van der Waals surface area contributed by atoms with Crippen molar-refractivity contribution < 1.29 is 22.9 Å². The molecule has 0 fully saturated rings. The molecule has 2 rings (SSSR count). The predicted molar refractivity (Wildman–Crippen MR) is 114 cm³/mol. The summed E-state index contributed by atoms with van der Waals surface area (Å²) in [6, 6.07) is 8.79. The van der Waals surface area contributed by atoms with Crippen LogP contribution in [-0.4, -0.2) is 44.9 Å². The summed E-state index contributed by atoms with van der Waals surface area (Å²) in [5, 5.41) is 14.8. The number of nitro groups is 1. The summed E-state index contributed by atoms with van der Waals surface area (Å²) >= 11 is 5.97. The van der Waals surface area contributed by atoms with Crippen molar-refractivity contribution in [3.8, 4) is 5.75 Å². The molecule has 0 saturated heterocycles. The van der Waals surface area contributed by atoms with Crippen LogP contribution in [0.15, 0.2) is 47.6 Å². The van der Waals surface area contributed by atoms with Crippen molar-refractivity contribution in [1.82, 2.24) is 5.43 Å². The number of nitrogens with zero attached hydrogens (tertiary/aromatic N) is 3. The van der Waals surface area contributed by atoms with E-state index in [1.165, 1.54) is 44.4 Å². The van der Waals surface area contributed by atoms with Gasteiger partial charge < -0.3 is 4.74 Å². The number of hydrogen-bond acceptors (Lipinski definition) is 7. The Morgan fingerprint density at radius 3 is 2.47 bits per heavy atom. The Morgan fingerprint density at radius 1 is 1.30 bits per heavy atom. The Labute approximate surface area is 178 Å². The molecule has 0 aromatic heterocycles. The first-order chi connectivity index (χ1) is 14.0. The molecule has 2 aromatic rings. The smallest absolute Gasteiger partial charge is 0.270 e. The van der Waals surface area contributed by atoms with Crippen molar-refractivity contribution in [1.29, 1.82) is 0 Å². The molecular weight excluding hydrogens is 436 g/mol. The second kappa shape index (κ2) is 9.55. The molecule has 1 N–H and O–H groups in total. The number of sulfonamides is 1. The second-order valence-corrected chi connectivity index (χ2v) is 8.40. The van der Waals surface area contributed by atoms with Gasteiger partial charge in [-0.2, -0.15) is 5.10 Å². The largest absolute Gasteiger partial charge is 0.497 e. The number of carbonyl (C=O) groups excluding carboxylic acids is 1. The summed E-state index contributed by atoms with van der Waals surface area (Å²) in [5.74, 6) is -0.184. The van der Waals surface area contributed by atoms with Gasteiger partial charge in [-0.3, -0.25) is 19.2 Å². The number of nitrogens with one attached hydrogen (secondary N) is 1. The fourth-order valence-corrected chi connectivity index (χ4v) is 3.88. The average molecular weight is 455 g/mol. The highest BCUT2D eigenvalue weighted by atomic mass is 35.5. The number of ether oxygens (including phenoxy) is 1. The number of benzene rings is 2. The van der Waals surface area contributed by atoms with Crippen molar-refractivity contribution in [3.63, 3.8) is 0 Å². The fraction of sp³-hybridized carbons (Fsp3) is 0.222. The van der Waals surface area contributed by atoms with Crippen LogP contribution < -0.4 is 14.5 Å². The van der Waals surface area contributed by atoms with Crippen LogP contribution in [0.2, 0.25) is 5.02 Å². The summed E-state index contributed by atoms with van der Waals surface area (Å²) in [4.78, 5) is 22.7. The number of methoxy groups -OCH3 is 1. The van der Waals surface area contributed by atoms with Crippen LogP contribution in [0, 0.1) is 10.1 Å². The molecule has 0 heterocycles. The van der Waals surface area contributed by atoms with Crippen molar-refractivity contribution in [2.45, 2.75) is 13.0 Å². The highest BCUT2D eigenvalue weighted by Gasteiger charge is 2.29. The Bertz CT molecular complexity index is 1070. The summed E-state index contributed by atoms with van der Waals surface area (Å²) in [7, 11) is -2.32. The van der Waals surface area contributed by atoms with Crippen LogP contribution in [0.4, 0.5) is 11.4 Å². The molecule has 0 saturated carbocycles. The van der Waals surface area contributed by atoms with E-state index in [0.717, 1.165) is 16.8 Å². The minimum Gasteiger partial charge on any atom is -0.497 e. The van der Waals surface area contributed by atoms with E-state index >= 15 is 0 Å². The van der Waals surface area contributed by atoms with Gasteiger partial charge in [-0.05, 0) is 37.3 Å². The highest BCUT2D eigenvalue weighted by molar-refractivity contribution is 7.92. The van der Waals surface area contributed by atoms with Gasteiger partial charge in [0.2, 0.25) is 10.0 Å². The van der Waals surface area contributed by atoms with E-state index < -0.39 is 26.9 Å². The van der Waals surface area contributed by atoms with E-state index in [-0.39, 0.29) is 22.0 Å². The number of rotatable bonds is 8. The molecule has 0 spiro atoms. The van der Waals surface area contributed by atoms with Crippen LogP contribution in [0.5, 0.6) is 5.75 Å². The highest BCUT2D eigenvalue weighted by Crippen LogP contribution is 2.24. The van der Waals surface area contributed by atoms with Gasteiger partial charge in [0.05, 0.1) is 30.2 Å². The Kier molecular flexibility index (Phi) is 7.35. The van der Waals surface area contributed by atoms with Crippen molar-refractivity contribution in [2.24, 2.45) is 5.10 Å². The number of non-ortho nitro benzene ring substituents is 1. The van der Waals surface area contributed by atoms with Gasteiger partial charge in [0, 0.05) is 22.7 Å². The standard InChI is InChI=1S/C18H19ClN4O6S/c1-12(22(30(3,27)28)14-4-7-16(29-2)8-5-14)18(24)21-20-11-13-10-15(23(25)26)6-9-17(13)19/h4-12H,1-3H3,(H,21,24)/b20-11-/t12-/m0/s1. The third-order valence-corrected chi connectivity index (χ3v) is 5.57. The topological polar surface area (TPSA) is 131 Å². The summed E-state index contributed by atoms with van der Waals surface area (Å²) in [6.07, 6.45) is 2.12. The van der Waals surface area contributed by atoms with Gasteiger partial charge in [-0.25, -0.2) is 13.8 Å². The van der Waals surface area contributed by atoms with E-state index in [0.29, 0.717) is 5.75 Å². The molecule has 0 aliphatic rings. The minimum absolute atomic E-state index is 0.191. The lowest BCUT2D eigenvalue weighted by Crippen LogP contribution is -2.46. The molecule has 160 valence electrons. The molecule has 12 heteroatoms. The zero-order valence-electron chi connectivity index (χ0n) is 16.3. The first kappa shape index (κ1) is 23.1. The van der Waals surface area contributed by atoms with Gasteiger partial charge in [0.1, 0.15) is 11.8 Å². The van der Waals surface area contributed by atoms with Gasteiger partial charge in [0.25, 0.3) is 11.6 Å². The molecule has 0 bridgehead atoms. The van der Waals surface area contributed by atoms with E-state index in [4.69, 9.17) is 16.3 Å². The van der Waals surface area contributed by atoms with E-state index in [2.05, 4.69) is 10.5 Å². The maximum atomic E-state index is 12.5. The van der Waals surface area contributed by atoms with E-state index in [1.54, 1.807) is 12.1 Å². The summed E-state index contributed by atoms with van der Waals surface area (Å²) in [5.41, 5.74) is 2.52. The van der Waals surface area contributed by atoms with Crippen LogP contribution >= 0.6 is 11.6 Å². The molecule has 2 aromatic carbocycles. The van der Waals surface area contributed by atoms with Crippen LogP contribution in [0.3, 0.4) is 0 Å². The molecule has 0 aliphatic heterocycles. The van der Waals surface area contributed by atoms with Gasteiger partial charge in [0.15, 0.2) is 0 Å². The van der Waals surface area contributed by atoms with E-state index in [1.807, 2.05) is 0 Å². The molecule has 10 nitrogen and oxygen atoms in total. The maximum absolute atomic E-state index is 12.5. The number of hydrogen-bond donors (Lipinski definition) is 1. The average Bonchev–Trinajstić information content (AvgIpc) is 2.68. The number of hydrazone groups is 1. The van der Waals surface area contributed by atoms with Crippen LogP contribution in [0.1, 0.15) is 12.5 Å². The third-order valence-electron chi connectivity index (χ3n) is 3.98. The second-order valence-electron chi connectivity index (χ2n) is 6.13. The minimum atomic E-state index is -3.80. The first-order valence-corrected chi connectivity index (χ1v) is 10.7. The molecular formula is C18H19ClN4O6S. The van der Waals surface area contributed by atoms with Gasteiger partial charge in [-0.1, -0.05) is 11.6 Å². The quantitative estimate of drug-likeness (QED) is 0.370. The lowest BCUT2D eigenvalue weighted by molar-refractivity contribution is -0.384. The molecule has 30 heavy (non-hydrogen) atoms. The number of carbonyl (C=O) groups is 1. The zero-order valence-corrected chi connectivity index (χ0v) is 17.8. The zero-order chi connectivity index (χ0) is 22.5. The van der Waals surface area contributed by atoms with Crippen molar-refractivity contribution in [2.75, 3.05) is 17.7 Å². The monoisotopic (exact) mass is 454 g/mol. The number of amides is 1. The number of anilines is 1. The predicted octanol–water partition coefficient (Wildman–Crippen LogP) is 2.56.